The summed E-state index contributed by atoms with van der Waals surface area (Å²) in [6, 6.07) is 10.9. The predicted octanol–water partition coefficient (Wildman–Crippen LogP) is 3.12. The lowest BCUT2D eigenvalue weighted by molar-refractivity contribution is -0.126. The number of rotatable bonds is 6. The second-order valence-corrected chi connectivity index (χ2v) is 11.3. The Balaban J connectivity index is 1.47. The molecule has 0 bridgehead atoms. The Morgan fingerprint density at radius 1 is 1.21 bits per heavy atom. The standard InChI is InChI=1S/C24H25ClN4O4S/c25-22-8-7-16(14-27-22)15-28-23(30)21-6-1-2-9-29(21)24(31)18-4-3-5-19(12-18)34(32,33)20-10-17(11-20)13-26/h3-5,7-8,12,14,17,20-21H,1-2,6,9-11,15H2,(H,28,30). The topological polar surface area (TPSA) is 120 Å². The summed E-state index contributed by atoms with van der Waals surface area (Å²) in [6.07, 6.45) is 4.33. The van der Waals surface area contributed by atoms with E-state index in [4.69, 9.17) is 16.9 Å². The minimum atomic E-state index is -3.62. The number of hydrogen-bond acceptors (Lipinski definition) is 6. The minimum absolute atomic E-state index is 0.0768. The van der Waals surface area contributed by atoms with Crippen molar-refractivity contribution in [3.63, 3.8) is 0 Å². The lowest BCUT2D eigenvalue weighted by atomic mass is 9.86. The van der Waals surface area contributed by atoms with E-state index in [2.05, 4.69) is 16.4 Å². The molecule has 1 aliphatic heterocycles. The third kappa shape index (κ3) is 5.08. The molecule has 178 valence electrons. The second-order valence-electron chi connectivity index (χ2n) is 8.71. The maximum atomic E-state index is 13.3. The number of amides is 2. The highest BCUT2D eigenvalue weighted by Crippen LogP contribution is 2.36. The fraction of sp³-hybridized carbons (Fsp3) is 0.417. The van der Waals surface area contributed by atoms with Crippen LogP contribution in [0, 0.1) is 17.2 Å². The number of halogens is 1. The maximum Gasteiger partial charge on any atom is 0.254 e. The van der Waals surface area contributed by atoms with Gasteiger partial charge in [-0.1, -0.05) is 23.7 Å². The predicted molar refractivity (Wildman–Crippen MR) is 126 cm³/mol. The Kier molecular flexibility index (Phi) is 7.19. The van der Waals surface area contributed by atoms with Crippen molar-refractivity contribution in [2.45, 2.75) is 54.8 Å². The first-order valence-electron chi connectivity index (χ1n) is 11.2. The van der Waals surface area contributed by atoms with Crippen LogP contribution in [-0.4, -0.2) is 48.0 Å². The Morgan fingerprint density at radius 2 is 2.00 bits per heavy atom. The third-order valence-corrected chi connectivity index (χ3v) is 8.84. The third-order valence-electron chi connectivity index (χ3n) is 6.45. The van der Waals surface area contributed by atoms with Crippen molar-refractivity contribution < 1.29 is 18.0 Å². The molecule has 4 rings (SSSR count). The summed E-state index contributed by atoms with van der Waals surface area (Å²) in [5.74, 6) is -0.863. The number of hydrogen-bond donors (Lipinski definition) is 1. The van der Waals surface area contributed by atoms with Crippen LogP contribution in [0.15, 0.2) is 47.5 Å². The number of nitrogens with zero attached hydrogens (tertiary/aromatic N) is 3. The van der Waals surface area contributed by atoms with Gasteiger partial charge in [0, 0.05) is 30.8 Å². The number of likely N-dealkylation sites (tertiary alicyclic amines) is 1. The number of carbonyl (C=O) groups excluding carboxylic acids is 2. The van der Waals surface area contributed by atoms with Crippen molar-refractivity contribution in [3.8, 4) is 6.07 Å². The van der Waals surface area contributed by atoms with E-state index in [1.165, 1.54) is 17.0 Å². The van der Waals surface area contributed by atoms with E-state index in [1.807, 2.05) is 0 Å². The van der Waals surface area contributed by atoms with Gasteiger partial charge in [0.1, 0.15) is 11.2 Å². The maximum absolute atomic E-state index is 13.3. The zero-order valence-corrected chi connectivity index (χ0v) is 20.1. The molecule has 2 amide bonds. The molecule has 10 heteroatoms. The minimum Gasteiger partial charge on any atom is -0.350 e. The zero-order valence-electron chi connectivity index (χ0n) is 18.5. The van der Waals surface area contributed by atoms with Crippen LogP contribution in [0.5, 0.6) is 0 Å². The molecule has 1 saturated carbocycles. The second kappa shape index (κ2) is 10.1. The average Bonchev–Trinajstić information content (AvgIpc) is 2.82. The van der Waals surface area contributed by atoms with E-state index in [9.17, 15) is 18.0 Å². The molecule has 2 aromatic rings. The molecule has 1 saturated heterocycles. The Hall–Kier alpha value is -2.96. The first-order valence-corrected chi connectivity index (χ1v) is 13.1. The van der Waals surface area contributed by atoms with Crippen molar-refractivity contribution in [3.05, 3.63) is 58.9 Å². The number of piperidine rings is 1. The molecule has 0 spiro atoms. The number of nitriles is 1. The van der Waals surface area contributed by atoms with E-state index in [0.717, 1.165) is 18.4 Å². The largest absolute Gasteiger partial charge is 0.350 e. The summed E-state index contributed by atoms with van der Waals surface area (Å²) >= 11 is 5.80. The van der Waals surface area contributed by atoms with E-state index < -0.39 is 21.1 Å². The average molecular weight is 501 g/mol. The molecule has 1 aromatic carbocycles. The number of aromatic nitrogens is 1. The summed E-state index contributed by atoms with van der Waals surface area (Å²) in [4.78, 5) is 31.9. The fourth-order valence-electron chi connectivity index (χ4n) is 4.35. The zero-order chi connectivity index (χ0) is 24.3. The van der Waals surface area contributed by atoms with Crippen LogP contribution in [0.25, 0.3) is 0 Å². The van der Waals surface area contributed by atoms with Gasteiger partial charge in [-0.05, 0) is 61.9 Å². The van der Waals surface area contributed by atoms with Crippen LogP contribution < -0.4 is 5.32 Å². The number of pyridine rings is 1. The van der Waals surface area contributed by atoms with Gasteiger partial charge in [-0.3, -0.25) is 9.59 Å². The highest BCUT2D eigenvalue weighted by Gasteiger charge is 2.40. The molecule has 1 atom stereocenters. The van der Waals surface area contributed by atoms with Gasteiger partial charge >= 0.3 is 0 Å². The van der Waals surface area contributed by atoms with Crippen molar-refractivity contribution in [1.82, 2.24) is 15.2 Å². The molecule has 1 aliphatic carbocycles. The SMILES string of the molecule is N#CC1CC(S(=O)(=O)c2cccc(C(=O)N3CCCCC3C(=O)NCc3ccc(Cl)nc3)c2)C1. The van der Waals surface area contributed by atoms with Crippen LogP contribution in [0.3, 0.4) is 0 Å². The lowest BCUT2D eigenvalue weighted by Crippen LogP contribution is -2.51. The number of benzene rings is 1. The number of sulfone groups is 1. The lowest BCUT2D eigenvalue weighted by Gasteiger charge is -2.35. The highest BCUT2D eigenvalue weighted by molar-refractivity contribution is 7.92. The van der Waals surface area contributed by atoms with Gasteiger partial charge < -0.3 is 10.2 Å². The molecule has 2 aliphatic rings. The Bertz CT molecular complexity index is 1220. The summed E-state index contributed by atoms with van der Waals surface area (Å²) in [7, 11) is -3.62. The van der Waals surface area contributed by atoms with Gasteiger partial charge in [-0.25, -0.2) is 13.4 Å². The van der Waals surface area contributed by atoms with Crippen LogP contribution in [0.4, 0.5) is 0 Å². The molecule has 2 fully saturated rings. The van der Waals surface area contributed by atoms with Crippen LogP contribution >= 0.6 is 11.6 Å². The quantitative estimate of drug-likeness (QED) is 0.608. The fourth-order valence-corrected chi connectivity index (χ4v) is 6.38. The van der Waals surface area contributed by atoms with E-state index in [1.54, 1.807) is 30.5 Å². The molecular weight excluding hydrogens is 476 g/mol. The van der Waals surface area contributed by atoms with Crippen molar-refractivity contribution in [1.29, 1.82) is 5.26 Å². The van der Waals surface area contributed by atoms with Gasteiger partial charge in [0.05, 0.1) is 16.2 Å². The molecule has 2 heterocycles. The Morgan fingerprint density at radius 3 is 2.71 bits per heavy atom. The van der Waals surface area contributed by atoms with Crippen molar-refractivity contribution in [2.24, 2.45) is 5.92 Å². The van der Waals surface area contributed by atoms with Crippen molar-refractivity contribution in [2.75, 3.05) is 6.54 Å². The highest BCUT2D eigenvalue weighted by atomic mass is 35.5. The van der Waals surface area contributed by atoms with Crippen molar-refractivity contribution >= 4 is 33.3 Å². The van der Waals surface area contributed by atoms with Gasteiger partial charge in [0.25, 0.3) is 5.91 Å². The molecule has 1 aromatic heterocycles. The number of nitrogens with one attached hydrogen (secondary N) is 1. The van der Waals surface area contributed by atoms with Crippen LogP contribution in [0.2, 0.25) is 5.15 Å². The molecule has 34 heavy (non-hydrogen) atoms. The summed E-state index contributed by atoms with van der Waals surface area (Å²) in [5, 5.41) is 11.6. The van der Waals surface area contributed by atoms with Gasteiger partial charge in [0.15, 0.2) is 9.84 Å². The summed E-state index contributed by atoms with van der Waals surface area (Å²) < 4.78 is 25.9. The first-order chi connectivity index (χ1) is 16.3. The van der Waals surface area contributed by atoms with E-state index >= 15 is 0 Å². The summed E-state index contributed by atoms with van der Waals surface area (Å²) in [5.41, 5.74) is 1.03. The molecule has 1 N–H and O–H groups in total. The summed E-state index contributed by atoms with van der Waals surface area (Å²) in [6.45, 7) is 0.684. The number of carbonyl (C=O) groups is 2. The normalized spacial score (nSPS) is 22.4. The molecule has 0 radical (unpaired) electrons. The first kappa shape index (κ1) is 24.2. The van der Waals surface area contributed by atoms with Gasteiger partial charge in [-0.15, -0.1) is 0 Å². The van der Waals surface area contributed by atoms with Crippen LogP contribution in [0.1, 0.15) is 48.0 Å². The van der Waals surface area contributed by atoms with Crippen LogP contribution in [-0.2, 0) is 21.2 Å². The molecular formula is C24H25ClN4O4S. The van der Waals surface area contributed by atoms with E-state index in [-0.39, 0.29) is 34.7 Å². The van der Waals surface area contributed by atoms with E-state index in [0.29, 0.717) is 31.0 Å². The monoisotopic (exact) mass is 500 g/mol. The Labute approximate surface area is 203 Å². The molecule has 8 nitrogen and oxygen atoms in total. The van der Waals surface area contributed by atoms with Gasteiger partial charge in [0.2, 0.25) is 5.91 Å². The smallest absolute Gasteiger partial charge is 0.254 e. The van der Waals surface area contributed by atoms with Gasteiger partial charge in [-0.2, -0.15) is 5.26 Å². The molecule has 1 unspecified atom stereocenters.